The van der Waals surface area contributed by atoms with Gasteiger partial charge in [0.05, 0.1) is 76.8 Å². The first-order valence-corrected chi connectivity index (χ1v) is 25.2. The van der Waals surface area contributed by atoms with Crippen molar-refractivity contribution in [2.45, 2.75) is 134 Å². The van der Waals surface area contributed by atoms with Crippen LogP contribution in [0.15, 0.2) is 60.9 Å². The van der Waals surface area contributed by atoms with Gasteiger partial charge in [0.25, 0.3) is 0 Å². The number of carbonyl (C=O) groups is 3. The van der Waals surface area contributed by atoms with E-state index in [1.165, 1.54) is 30.9 Å². The number of ether oxygens (including phenoxy) is 4. The molecule has 3 saturated heterocycles. The lowest BCUT2D eigenvalue weighted by Gasteiger charge is -2.38. The Morgan fingerprint density at radius 2 is 1.52 bits per heavy atom. The predicted octanol–water partition coefficient (Wildman–Crippen LogP) is 10.8. The van der Waals surface area contributed by atoms with Gasteiger partial charge in [-0.25, -0.2) is 23.9 Å². The molecular formula is C52H59FN8O7S. The second kappa shape index (κ2) is 17.6. The molecule has 3 amide bonds. The van der Waals surface area contributed by atoms with Gasteiger partial charge in [-0.05, 0) is 140 Å². The molecule has 17 heteroatoms. The van der Waals surface area contributed by atoms with Crippen LogP contribution in [0.2, 0.25) is 0 Å². The number of fused-ring (bicyclic) bond motifs is 5. The lowest BCUT2D eigenvalue weighted by Crippen LogP contribution is -2.54. The summed E-state index contributed by atoms with van der Waals surface area (Å²) in [5, 5.41) is 3.77. The Labute approximate surface area is 404 Å². The monoisotopic (exact) mass is 958 g/mol. The molecule has 0 radical (unpaired) electrons. The number of carbonyl (C=O) groups excluding carboxylic acids is 3. The van der Waals surface area contributed by atoms with E-state index in [2.05, 4.69) is 44.1 Å². The van der Waals surface area contributed by atoms with Crippen molar-refractivity contribution in [2.75, 3.05) is 20.2 Å². The Balaban J connectivity index is 0.902. The molecule has 0 bridgehead atoms. The minimum Gasteiger partial charge on any atom is -0.464 e. The van der Waals surface area contributed by atoms with E-state index in [0.717, 1.165) is 52.7 Å². The molecule has 69 heavy (non-hydrogen) atoms. The molecule has 4 fully saturated rings. The number of aromatic amines is 2. The number of thiophene rings is 1. The van der Waals surface area contributed by atoms with Crippen molar-refractivity contribution in [3.8, 4) is 39.5 Å². The molecule has 5 aliphatic rings. The van der Waals surface area contributed by atoms with Crippen molar-refractivity contribution in [2.24, 2.45) is 5.92 Å². The van der Waals surface area contributed by atoms with Crippen molar-refractivity contribution in [3.05, 3.63) is 88.1 Å². The first-order valence-electron chi connectivity index (χ1n) is 24.4. The van der Waals surface area contributed by atoms with Gasteiger partial charge in [0.2, 0.25) is 12.1 Å². The quantitative estimate of drug-likeness (QED) is 0.128. The van der Waals surface area contributed by atoms with Gasteiger partial charge in [-0.15, -0.1) is 11.3 Å². The number of H-pyrrole nitrogens is 2. The molecule has 8 heterocycles. The SMILES string of the molecule is COC(=O)N[C@H](C(=O)N1CCC[C@@H]1c1ncc(-c2ccc3c(c2)cc2n3C(c3ccc(C4CC4)s3)Oc3cc(-c4cnc([C@@H]5CCCN5C(=O)OC(C)(C)C)[nH]4)cc(F)c3-2)[nH]1)C1C[C@@H](C)O[C@@H](C)C1. The van der Waals surface area contributed by atoms with Gasteiger partial charge in [-0.1, -0.05) is 6.07 Å². The molecule has 362 valence electrons. The summed E-state index contributed by atoms with van der Waals surface area (Å²) in [6.45, 7) is 10.7. The number of alkyl carbamates (subject to hydrolysis) is 1. The summed E-state index contributed by atoms with van der Waals surface area (Å²) < 4.78 is 42.5. The average Bonchev–Trinajstić information content (AvgIpc) is 4.03. The molecule has 2 aromatic carbocycles. The van der Waals surface area contributed by atoms with Crippen molar-refractivity contribution in [3.63, 3.8) is 0 Å². The van der Waals surface area contributed by atoms with Gasteiger partial charge in [0, 0.05) is 34.5 Å². The number of methoxy groups -OCH3 is 1. The highest BCUT2D eigenvalue weighted by Crippen LogP contribution is 2.50. The summed E-state index contributed by atoms with van der Waals surface area (Å²) in [6, 6.07) is 14.6. The fourth-order valence-corrected chi connectivity index (χ4v) is 12.3. The molecule has 0 spiro atoms. The number of benzene rings is 2. The number of aromatic nitrogens is 5. The van der Waals surface area contributed by atoms with Gasteiger partial charge in [0.1, 0.15) is 34.9 Å². The number of likely N-dealkylation sites (tertiary alicyclic amines) is 2. The second-order valence-electron chi connectivity index (χ2n) is 20.5. The number of imidazole rings is 2. The summed E-state index contributed by atoms with van der Waals surface area (Å²) in [4.78, 5) is 62.5. The number of nitrogens with one attached hydrogen (secondary N) is 3. The molecule has 1 saturated carbocycles. The van der Waals surface area contributed by atoms with Gasteiger partial charge >= 0.3 is 12.2 Å². The summed E-state index contributed by atoms with van der Waals surface area (Å²) >= 11 is 1.75. The molecular weight excluding hydrogens is 900 g/mol. The van der Waals surface area contributed by atoms with E-state index in [1.807, 2.05) is 57.7 Å². The molecule has 7 atom stereocenters. The zero-order chi connectivity index (χ0) is 47.9. The van der Waals surface area contributed by atoms with Crippen LogP contribution in [0.3, 0.4) is 0 Å². The van der Waals surface area contributed by atoms with E-state index < -0.39 is 29.8 Å². The third-order valence-electron chi connectivity index (χ3n) is 14.3. The number of hydrogen-bond donors (Lipinski definition) is 3. The van der Waals surface area contributed by atoms with Gasteiger partial charge in [0.15, 0.2) is 0 Å². The average molecular weight is 959 g/mol. The Morgan fingerprint density at radius 1 is 0.855 bits per heavy atom. The summed E-state index contributed by atoms with van der Waals surface area (Å²) in [5.74, 6) is 1.61. The number of nitrogens with zero attached hydrogens (tertiary/aromatic N) is 5. The standard InChI is InChI=1S/C52H59FN8O7S/c1-27-19-33(20-28(2)66-27)45(58-50(63)65-6)48(62)59-17-7-9-38(59)46-54-25-35(56-46)30-13-14-37-32(21-30)23-40-44-34(53)22-31(24-41(44)67-49(61(37)40)43-16-15-42(69-43)29-11-12-29)36-26-55-47(57-36)39-10-8-18-60(39)51(64)68-52(3,4)5/h13-16,21-29,33,38-39,45,49H,7-12,17-20H2,1-6H3,(H,54,56)(H,55,57)(H,58,63)/t27-,28+,33?,38-,39+,45+,49?/m1/s1. The van der Waals surface area contributed by atoms with Crippen LogP contribution in [0.1, 0.15) is 132 Å². The Kier molecular flexibility index (Phi) is 11.6. The fraction of sp³-hybridized carbons (Fsp3) is 0.481. The van der Waals surface area contributed by atoms with Crippen LogP contribution in [0, 0.1) is 11.7 Å². The molecule has 6 aromatic rings. The molecule has 1 aliphatic carbocycles. The van der Waals surface area contributed by atoms with Gasteiger partial charge in [-0.2, -0.15) is 0 Å². The van der Waals surface area contributed by atoms with E-state index >= 15 is 4.39 Å². The molecule has 11 rings (SSSR count). The van der Waals surface area contributed by atoms with Crippen molar-refractivity contribution in [1.29, 1.82) is 0 Å². The Bertz CT molecular complexity index is 2940. The minimum atomic E-state index is -0.757. The highest BCUT2D eigenvalue weighted by molar-refractivity contribution is 7.12. The van der Waals surface area contributed by atoms with E-state index in [0.29, 0.717) is 71.8 Å². The zero-order valence-corrected chi connectivity index (χ0v) is 40.7. The number of amides is 3. The van der Waals surface area contributed by atoms with Gasteiger partial charge < -0.3 is 39.1 Å². The molecule has 4 aromatic heterocycles. The normalized spacial score (nSPS) is 23.9. The molecule has 15 nitrogen and oxygen atoms in total. The van der Waals surface area contributed by atoms with Crippen LogP contribution < -0.4 is 10.1 Å². The van der Waals surface area contributed by atoms with Crippen molar-refractivity contribution >= 4 is 40.3 Å². The predicted molar refractivity (Wildman–Crippen MR) is 258 cm³/mol. The van der Waals surface area contributed by atoms with E-state index in [9.17, 15) is 14.4 Å². The lowest BCUT2D eigenvalue weighted by molar-refractivity contribution is -0.138. The first-order chi connectivity index (χ1) is 33.2. The number of rotatable bonds is 9. The van der Waals surface area contributed by atoms with E-state index in [4.69, 9.17) is 28.9 Å². The maximum Gasteiger partial charge on any atom is 0.410 e. The molecule has 4 aliphatic heterocycles. The summed E-state index contributed by atoms with van der Waals surface area (Å²) in [7, 11) is 1.31. The number of hydrogen-bond acceptors (Lipinski definition) is 10. The van der Waals surface area contributed by atoms with Crippen molar-refractivity contribution in [1.82, 2.24) is 39.6 Å². The van der Waals surface area contributed by atoms with Crippen LogP contribution in [-0.2, 0) is 19.0 Å². The summed E-state index contributed by atoms with van der Waals surface area (Å²) in [6.07, 6.45) is 8.59. The topological polar surface area (TPSA) is 169 Å². The fourth-order valence-electron chi connectivity index (χ4n) is 11.1. The largest absolute Gasteiger partial charge is 0.464 e. The third-order valence-corrected chi connectivity index (χ3v) is 15.6. The van der Waals surface area contributed by atoms with Crippen LogP contribution in [0.5, 0.6) is 5.75 Å². The Morgan fingerprint density at radius 3 is 2.20 bits per heavy atom. The number of halogens is 1. The van der Waals surface area contributed by atoms with E-state index in [-0.39, 0.29) is 42.2 Å². The van der Waals surface area contributed by atoms with E-state index in [1.54, 1.807) is 28.6 Å². The third kappa shape index (κ3) is 8.65. The Hall–Kier alpha value is -6.20. The smallest absolute Gasteiger partial charge is 0.410 e. The second-order valence-corrected chi connectivity index (χ2v) is 21.6. The maximum absolute atomic E-state index is 16.9. The first kappa shape index (κ1) is 45.3. The maximum atomic E-state index is 16.9. The highest BCUT2D eigenvalue weighted by Gasteiger charge is 2.43. The van der Waals surface area contributed by atoms with Crippen LogP contribution in [-0.4, -0.2) is 96.4 Å². The van der Waals surface area contributed by atoms with Crippen LogP contribution in [0.4, 0.5) is 14.0 Å². The minimum absolute atomic E-state index is 0.0412. The van der Waals surface area contributed by atoms with Crippen LogP contribution >= 0.6 is 11.3 Å². The summed E-state index contributed by atoms with van der Waals surface area (Å²) in [5.41, 5.74) is 4.23. The van der Waals surface area contributed by atoms with Crippen molar-refractivity contribution < 1.29 is 37.7 Å². The lowest BCUT2D eigenvalue weighted by atomic mass is 9.85. The zero-order valence-electron chi connectivity index (χ0n) is 39.8. The van der Waals surface area contributed by atoms with Crippen LogP contribution in [0.25, 0.3) is 44.7 Å². The molecule has 3 N–H and O–H groups in total. The van der Waals surface area contributed by atoms with Gasteiger partial charge in [-0.3, -0.25) is 14.3 Å². The molecule has 2 unspecified atom stereocenters. The highest BCUT2D eigenvalue weighted by atomic mass is 32.1.